The fourth-order valence-electron chi connectivity index (χ4n) is 0.318. The van der Waals surface area contributed by atoms with Crippen LogP contribution in [0.15, 0.2) is 35.0 Å². The third kappa shape index (κ3) is 4.03. The van der Waals surface area contributed by atoms with E-state index in [1.807, 2.05) is 0 Å². The lowest BCUT2D eigenvalue weighted by molar-refractivity contribution is 0.426. The highest BCUT2D eigenvalue weighted by atomic mass is 79.9. The van der Waals surface area contributed by atoms with Gasteiger partial charge in [0.05, 0.1) is 0 Å². The van der Waals surface area contributed by atoms with Gasteiger partial charge in [-0.15, -0.1) is 0 Å². The van der Waals surface area contributed by atoms with Crippen LogP contribution in [-0.4, -0.2) is 5.11 Å². The molecular weight excluding hydrogens is 180 g/mol. The van der Waals surface area contributed by atoms with Crippen LogP contribution in [0.3, 0.4) is 0 Å². The van der Waals surface area contributed by atoms with E-state index in [4.69, 9.17) is 5.11 Å². The molecule has 0 heterocycles. The Morgan fingerprint density at radius 1 is 1.56 bits per heavy atom. The van der Waals surface area contributed by atoms with E-state index in [0.717, 1.165) is 10.1 Å². The second kappa shape index (κ2) is 3.51. The summed E-state index contributed by atoms with van der Waals surface area (Å²) < 4.78 is 0.732. The zero-order valence-corrected chi connectivity index (χ0v) is 6.90. The molecule has 2 heteroatoms. The lowest BCUT2D eigenvalue weighted by Crippen LogP contribution is -1.78. The Balaban J connectivity index is 4.17. The summed E-state index contributed by atoms with van der Waals surface area (Å²) in [6.45, 7) is 8.66. The third-order valence-electron chi connectivity index (χ3n) is 0.828. The minimum Gasteiger partial charge on any atom is -0.508 e. The van der Waals surface area contributed by atoms with Gasteiger partial charge in [0.25, 0.3) is 0 Å². The lowest BCUT2D eigenvalue weighted by Gasteiger charge is -1.94. The monoisotopic (exact) mass is 188 g/mol. The van der Waals surface area contributed by atoms with Crippen LogP contribution in [0.2, 0.25) is 0 Å². The van der Waals surface area contributed by atoms with Crippen molar-refractivity contribution in [2.24, 2.45) is 0 Å². The SMILES string of the molecule is C=C(Br)/C=C(/C)C(=C)O. The second-order valence-corrected chi connectivity index (χ2v) is 2.74. The van der Waals surface area contributed by atoms with Crippen LogP contribution in [-0.2, 0) is 0 Å². The van der Waals surface area contributed by atoms with Crippen molar-refractivity contribution in [3.63, 3.8) is 0 Å². The van der Waals surface area contributed by atoms with Crippen LogP contribution < -0.4 is 0 Å². The molecule has 0 spiro atoms. The van der Waals surface area contributed by atoms with Crippen molar-refractivity contribution >= 4 is 15.9 Å². The molecule has 0 unspecified atom stereocenters. The Bertz CT molecular complexity index is 168. The van der Waals surface area contributed by atoms with Crippen molar-refractivity contribution in [2.45, 2.75) is 6.92 Å². The molecule has 0 aliphatic carbocycles. The molecule has 0 aromatic carbocycles. The maximum Gasteiger partial charge on any atom is 0.111 e. The van der Waals surface area contributed by atoms with E-state index in [1.165, 1.54) is 0 Å². The van der Waals surface area contributed by atoms with Crippen molar-refractivity contribution in [1.82, 2.24) is 0 Å². The number of hydrogen-bond donors (Lipinski definition) is 1. The molecule has 0 aromatic heterocycles. The number of allylic oxidation sites excluding steroid dienone is 3. The Labute approximate surface area is 63.5 Å². The van der Waals surface area contributed by atoms with E-state index in [9.17, 15) is 0 Å². The number of hydrogen-bond acceptors (Lipinski definition) is 1. The summed E-state index contributed by atoms with van der Waals surface area (Å²) in [4.78, 5) is 0. The molecule has 0 amide bonds. The van der Waals surface area contributed by atoms with Gasteiger partial charge in [-0.3, -0.25) is 0 Å². The molecule has 0 atom stereocenters. The first-order valence-corrected chi connectivity index (χ1v) is 3.24. The van der Waals surface area contributed by atoms with Crippen molar-refractivity contribution in [3.05, 3.63) is 35.0 Å². The Kier molecular flexibility index (Phi) is 3.32. The Morgan fingerprint density at radius 2 is 2.00 bits per heavy atom. The van der Waals surface area contributed by atoms with Gasteiger partial charge < -0.3 is 5.11 Å². The predicted octanol–water partition coefficient (Wildman–Crippen LogP) is 2.91. The van der Waals surface area contributed by atoms with E-state index < -0.39 is 0 Å². The van der Waals surface area contributed by atoms with Gasteiger partial charge in [-0.25, -0.2) is 0 Å². The van der Waals surface area contributed by atoms with Crippen LogP contribution in [0.25, 0.3) is 0 Å². The molecule has 9 heavy (non-hydrogen) atoms. The largest absolute Gasteiger partial charge is 0.508 e. The second-order valence-electron chi connectivity index (χ2n) is 1.72. The lowest BCUT2D eigenvalue weighted by atomic mass is 10.2. The molecule has 1 N–H and O–H groups in total. The molecule has 0 aliphatic rings. The summed E-state index contributed by atoms with van der Waals surface area (Å²) in [6, 6.07) is 0. The molecule has 0 radical (unpaired) electrons. The first-order chi connectivity index (χ1) is 4.04. The van der Waals surface area contributed by atoms with Gasteiger partial charge in [0.15, 0.2) is 0 Å². The van der Waals surface area contributed by atoms with Gasteiger partial charge in [-0.2, -0.15) is 0 Å². The topological polar surface area (TPSA) is 20.2 Å². The maximum atomic E-state index is 8.75. The van der Waals surface area contributed by atoms with Gasteiger partial charge >= 0.3 is 0 Å². The molecule has 0 rings (SSSR count). The molecule has 0 saturated heterocycles. The highest BCUT2D eigenvalue weighted by Gasteiger charge is 1.90. The van der Waals surface area contributed by atoms with Crippen molar-refractivity contribution in [3.8, 4) is 0 Å². The number of halogens is 1. The summed E-state index contributed by atoms with van der Waals surface area (Å²) in [6.07, 6.45) is 1.70. The van der Waals surface area contributed by atoms with Crippen LogP contribution in [0, 0.1) is 0 Å². The average molecular weight is 189 g/mol. The van der Waals surface area contributed by atoms with Crippen LogP contribution in [0.5, 0.6) is 0 Å². The van der Waals surface area contributed by atoms with E-state index in [1.54, 1.807) is 13.0 Å². The van der Waals surface area contributed by atoms with Crippen molar-refractivity contribution in [1.29, 1.82) is 0 Å². The van der Waals surface area contributed by atoms with E-state index in [-0.39, 0.29) is 5.76 Å². The average Bonchev–Trinajstić information content (AvgIpc) is 1.63. The van der Waals surface area contributed by atoms with Crippen molar-refractivity contribution in [2.75, 3.05) is 0 Å². The van der Waals surface area contributed by atoms with Gasteiger partial charge in [-0.1, -0.05) is 29.1 Å². The molecule has 0 saturated carbocycles. The zero-order chi connectivity index (χ0) is 7.44. The molecule has 0 bridgehead atoms. The van der Waals surface area contributed by atoms with Crippen LogP contribution in [0.4, 0.5) is 0 Å². The van der Waals surface area contributed by atoms with Crippen molar-refractivity contribution < 1.29 is 5.11 Å². The number of aliphatic hydroxyl groups excluding tert-OH is 1. The van der Waals surface area contributed by atoms with E-state index >= 15 is 0 Å². The zero-order valence-electron chi connectivity index (χ0n) is 5.32. The smallest absolute Gasteiger partial charge is 0.111 e. The summed E-state index contributed by atoms with van der Waals surface area (Å²) in [5.41, 5.74) is 0.719. The Hall–Kier alpha value is -0.500. The Morgan fingerprint density at radius 3 is 2.11 bits per heavy atom. The third-order valence-corrected chi connectivity index (χ3v) is 1.06. The summed E-state index contributed by atoms with van der Waals surface area (Å²) >= 11 is 3.12. The summed E-state index contributed by atoms with van der Waals surface area (Å²) in [7, 11) is 0. The van der Waals surface area contributed by atoms with Gasteiger partial charge in [0.2, 0.25) is 0 Å². The standard InChI is InChI=1S/C7H9BrO/c1-5(7(3)9)4-6(2)8/h4,9H,2-3H2,1H3/b5-4-. The van der Waals surface area contributed by atoms with Gasteiger partial charge in [0, 0.05) is 4.48 Å². The molecule has 1 nitrogen and oxygen atoms in total. The highest BCUT2D eigenvalue weighted by molar-refractivity contribution is 9.11. The summed E-state index contributed by atoms with van der Waals surface area (Å²) in [5, 5.41) is 8.75. The molecule has 0 fully saturated rings. The molecular formula is C7H9BrO. The minimum atomic E-state index is 0.0793. The molecule has 0 aliphatic heterocycles. The molecule has 50 valence electrons. The normalized spacial score (nSPS) is 11.1. The van der Waals surface area contributed by atoms with Gasteiger partial charge in [-0.05, 0) is 18.6 Å². The van der Waals surface area contributed by atoms with Gasteiger partial charge in [0.1, 0.15) is 5.76 Å². The van der Waals surface area contributed by atoms with E-state index in [0.29, 0.717) is 0 Å². The van der Waals surface area contributed by atoms with E-state index in [2.05, 4.69) is 29.1 Å². The van der Waals surface area contributed by atoms with Crippen LogP contribution >= 0.6 is 15.9 Å². The minimum absolute atomic E-state index is 0.0793. The first kappa shape index (κ1) is 8.50. The quantitative estimate of drug-likeness (QED) is 0.523. The molecule has 0 aromatic rings. The highest BCUT2D eigenvalue weighted by Crippen LogP contribution is 2.10. The fourth-order valence-corrected chi connectivity index (χ4v) is 0.662. The number of aliphatic hydroxyl groups is 1. The first-order valence-electron chi connectivity index (χ1n) is 2.45. The predicted molar refractivity (Wildman–Crippen MR) is 43.6 cm³/mol. The fraction of sp³-hybridized carbons (Fsp3) is 0.143. The maximum absolute atomic E-state index is 8.75. The van der Waals surface area contributed by atoms with Crippen LogP contribution in [0.1, 0.15) is 6.92 Å². The number of rotatable bonds is 2. The summed E-state index contributed by atoms with van der Waals surface area (Å²) in [5.74, 6) is 0.0793.